The number of hydrogen-bond acceptors (Lipinski definition) is 2. The first-order valence-corrected chi connectivity index (χ1v) is 4.43. The van der Waals surface area contributed by atoms with Gasteiger partial charge in [-0.1, -0.05) is 30.0 Å². The molecule has 0 aliphatic rings. The average molecular weight is 188 g/mol. The minimum Gasteiger partial charge on any atom is -0.469 e. The molecule has 0 fully saturated rings. The molecule has 0 amide bonds. The summed E-state index contributed by atoms with van der Waals surface area (Å²) in [5.41, 5.74) is 0.970. The summed E-state index contributed by atoms with van der Waals surface area (Å²) in [6, 6.07) is 9.69. The molecule has 0 spiro atoms. The second-order valence-electron chi connectivity index (χ2n) is 2.74. The highest BCUT2D eigenvalue weighted by atomic mass is 16.5. The van der Waals surface area contributed by atoms with E-state index in [0.717, 1.165) is 5.56 Å². The minimum atomic E-state index is -0.215. The molecule has 1 rings (SSSR count). The van der Waals surface area contributed by atoms with Crippen LogP contribution in [0.1, 0.15) is 18.4 Å². The van der Waals surface area contributed by atoms with E-state index >= 15 is 0 Å². The molecule has 0 bridgehead atoms. The lowest BCUT2D eigenvalue weighted by Crippen LogP contribution is -1.98. The third-order valence-electron chi connectivity index (χ3n) is 1.69. The van der Waals surface area contributed by atoms with Crippen molar-refractivity contribution >= 4 is 5.97 Å². The second kappa shape index (κ2) is 5.82. The molecule has 2 heteroatoms. The smallest absolute Gasteiger partial charge is 0.306 e. The fraction of sp³-hybridized carbons (Fsp3) is 0.250. The SMILES string of the molecule is COC(=O)CCC#Cc1ccccc1. The first kappa shape index (κ1) is 10.3. The van der Waals surface area contributed by atoms with Crippen LogP contribution in [0.3, 0.4) is 0 Å². The Labute approximate surface area is 83.9 Å². The molecule has 72 valence electrons. The lowest BCUT2D eigenvalue weighted by Gasteiger charge is -1.92. The topological polar surface area (TPSA) is 26.3 Å². The molecule has 0 unspecified atom stereocenters. The van der Waals surface area contributed by atoms with Gasteiger partial charge in [0.15, 0.2) is 0 Å². The number of carbonyl (C=O) groups is 1. The van der Waals surface area contributed by atoms with Gasteiger partial charge in [0.25, 0.3) is 0 Å². The van der Waals surface area contributed by atoms with Crippen LogP contribution in [0.2, 0.25) is 0 Å². The molecule has 0 aromatic heterocycles. The van der Waals surface area contributed by atoms with Crippen molar-refractivity contribution in [3.63, 3.8) is 0 Å². The summed E-state index contributed by atoms with van der Waals surface area (Å²) in [4.78, 5) is 10.7. The summed E-state index contributed by atoms with van der Waals surface area (Å²) in [7, 11) is 1.38. The Kier molecular flexibility index (Phi) is 4.30. The zero-order valence-corrected chi connectivity index (χ0v) is 8.12. The van der Waals surface area contributed by atoms with Gasteiger partial charge in [-0.05, 0) is 12.1 Å². The fourth-order valence-electron chi connectivity index (χ4n) is 0.953. The third-order valence-corrected chi connectivity index (χ3v) is 1.69. The summed E-state index contributed by atoms with van der Waals surface area (Å²) in [6.07, 6.45) is 0.901. The zero-order chi connectivity index (χ0) is 10.2. The van der Waals surface area contributed by atoms with Gasteiger partial charge in [0.2, 0.25) is 0 Å². The molecule has 1 aromatic rings. The molecule has 0 heterocycles. The summed E-state index contributed by atoms with van der Waals surface area (Å²) in [5.74, 6) is 5.67. The molecule has 2 nitrogen and oxygen atoms in total. The van der Waals surface area contributed by atoms with E-state index in [0.29, 0.717) is 12.8 Å². The summed E-state index contributed by atoms with van der Waals surface area (Å²) >= 11 is 0. The molecule has 14 heavy (non-hydrogen) atoms. The molecule has 0 atom stereocenters. The van der Waals surface area contributed by atoms with Gasteiger partial charge in [0.05, 0.1) is 13.5 Å². The normalized spacial score (nSPS) is 8.64. The predicted molar refractivity (Wildman–Crippen MR) is 54.6 cm³/mol. The van der Waals surface area contributed by atoms with Crippen LogP contribution in [-0.2, 0) is 9.53 Å². The Morgan fingerprint density at radius 3 is 2.71 bits per heavy atom. The van der Waals surface area contributed by atoms with Gasteiger partial charge in [0, 0.05) is 12.0 Å². The van der Waals surface area contributed by atoms with Crippen LogP contribution in [-0.4, -0.2) is 13.1 Å². The number of ether oxygens (including phenoxy) is 1. The van der Waals surface area contributed by atoms with E-state index in [-0.39, 0.29) is 5.97 Å². The van der Waals surface area contributed by atoms with Crippen molar-refractivity contribution in [2.75, 3.05) is 7.11 Å². The molecular weight excluding hydrogens is 176 g/mol. The van der Waals surface area contributed by atoms with E-state index in [1.54, 1.807) is 0 Å². The minimum absolute atomic E-state index is 0.215. The quantitative estimate of drug-likeness (QED) is 0.524. The Balaban J connectivity index is 2.38. The van der Waals surface area contributed by atoms with Crippen molar-refractivity contribution in [2.45, 2.75) is 12.8 Å². The van der Waals surface area contributed by atoms with Crippen LogP contribution in [0.5, 0.6) is 0 Å². The van der Waals surface area contributed by atoms with Crippen LogP contribution in [0.15, 0.2) is 30.3 Å². The highest BCUT2D eigenvalue weighted by Crippen LogP contribution is 1.96. The van der Waals surface area contributed by atoms with E-state index in [1.165, 1.54) is 7.11 Å². The van der Waals surface area contributed by atoms with Gasteiger partial charge in [-0.2, -0.15) is 0 Å². The summed E-state index contributed by atoms with van der Waals surface area (Å²) in [6.45, 7) is 0. The summed E-state index contributed by atoms with van der Waals surface area (Å²) < 4.78 is 4.50. The van der Waals surface area contributed by atoms with Crippen molar-refractivity contribution in [1.82, 2.24) is 0 Å². The standard InChI is InChI=1S/C12H12O2/c1-14-12(13)10-6-5-9-11-7-3-2-4-8-11/h2-4,7-8H,6,10H2,1H3. The summed E-state index contributed by atoms with van der Waals surface area (Å²) in [5, 5.41) is 0. The Morgan fingerprint density at radius 1 is 1.36 bits per heavy atom. The van der Waals surface area contributed by atoms with E-state index in [2.05, 4.69) is 16.6 Å². The highest BCUT2D eigenvalue weighted by Gasteiger charge is 1.95. The predicted octanol–water partition coefficient (Wildman–Crippen LogP) is 1.99. The first-order valence-electron chi connectivity index (χ1n) is 4.43. The molecule has 0 aliphatic heterocycles. The molecule has 0 aliphatic carbocycles. The van der Waals surface area contributed by atoms with E-state index < -0.39 is 0 Å². The van der Waals surface area contributed by atoms with Crippen molar-refractivity contribution in [2.24, 2.45) is 0 Å². The van der Waals surface area contributed by atoms with Crippen LogP contribution in [0.25, 0.3) is 0 Å². The van der Waals surface area contributed by atoms with Crippen molar-refractivity contribution in [1.29, 1.82) is 0 Å². The largest absolute Gasteiger partial charge is 0.469 e. The zero-order valence-electron chi connectivity index (χ0n) is 8.12. The van der Waals surface area contributed by atoms with Gasteiger partial charge in [-0.25, -0.2) is 0 Å². The highest BCUT2D eigenvalue weighted by molar-refractivity contribution is 5.69. The lowest BCUT2D eigenvalue weighted by molar-refractivity contribution is -0.140. The van der Waals surface area contributed by atoms with Gasteiger partial charge < -0.3 is 4.74 Å². The van der Waals surface area contributed by atoms with Crippen LogP contribution >= 0.6 is 0 Å². The van der Waals surface area contributed by atoms with E-state index in [1.807, 2.05) is 30.3 Å². The average Bonchev–Trinajstić information content (AvgIpc) is 2.25. The number of methoxy groups -OCH3 is 1. The van der Waals surface area contributed by atoms with Crippen molar-refractivity contribution in [3.05, 3.63) is 35.9 Å². The Hall–Kier alpha value is -1.75. The maximum Gasteiger partial charge on any atom is 0.306 e. The first-order chi connectivity index (χ1) is 6.83. The van der Waals surface area contributed by atoms with Crippen LogP contribution in [0, 0.1) is 11.8 Å². The van der Waals surface area contributed by atoms with Gasteiger partial charge in [-0.3, -0.25) is 4.79 Å². The van der Waals surface area contributed by atoms with Gasteiger partial charge >= 0.3 is 5.97 Å². The molecule has 0 saturated carbocycles. The number of benzene rings is 1. The molecule has 1 aromatic carbocycles. The van der Waals surface area contributed by atoms with E-state index in [4.69, 9.17) is 0 Å². The van der Waals surface area contributed by atoms with Crippen LogP contribution in [0.4, 0.5) is 0 Å². The van der Waals surface area contributed by atoms with Gasteiger partial charge in [0.1, 0.15) is 0 Å². The molecule has 0 N–H and O–H groups in total. The number of hydrogen-bond donors (Lipinski definition) is 0. The maximum atomic E-state index is 10.7. The van der Waals surface area contributed by atoms with Crippen molar-refractivity contribution < 1.29 is 9.53 Å². The third kappa shape index (κ3) is 3.77. The number of carbonyl (C=O) groups excluding carboxylic acids is 1. The molecule has 0 radical (unpaired) electrons. The Bertz CT molecular complexity index is 344. The molecular formula is C12H12O2. The lowest BCUT2D eigenvalue weighted by atomic mass is 10.2. The van der Waals surface area contributed by atoms with Crippen molar-refractivity contribution in [3.8, 4) is 11.8 Å². The number of esters is 1. The monoisotopic (exact) mass is 188 g/mol. The fourth-order valence-corrected chi connectivity index (χ4v) is 0.953. The van der Waals surface area contributed by atoms with Gasteiger partial charge in [-0.15, -0.1) is 0 Å². The second-order valence-corrected chi connectivity index (χ2v) is 2.74. The van der Waals surface area contributed by atoms with E-state index in [9.17, 15) is 4.79 Å². The number of rotatable bonds is 2. The Morgan fingerprint density at radius 2 is 2.07 bits per heavy atom. The molecule has 0 saturated heterocycles. The maximum absolute atomic E-state index is 10.7. The van der Waals surface area contributed by atoms with Crippen LogP contribution < -0.4 is 0 Å².